The first-order valence-electron chi connectivity index (χ1n) is 7.75. The number of halogens is 1. The Hall–Kier alpha value is -2.60. The van der Waals surface area contributed by atoms with Gasteiger partial charge in [0.05, 0.1) is 12.8 Å². The van der Waals surface area contributed by atoms with Gasteiger partial charge < -0.3 is 9.15 Å². The Bertz CT molecular complexity index is 1140. The third kappa shape index (κ3) is 2.53. The summed E-state index contributed by atoms with van der Waals surface area (Å²) in [5.74, 6) is 0.871. The number of rotatable bonds is 2. The number of nitrogens with zero attached hydrogens (tertiary/aromatic N) is 2. The highest BCUT2D eigenvalue weighted by Gasteiger charge is 2.21. The summed E-state index contributed by atoms with van der Waals surface area (Å²) in [7, 11) is 1.58. The normalized spacial score (nSPS) is 11.4. The standard InChI is InChI=1S/C19H15BrN2O3/c1-10-4-5-14(6-11(10)2)22-19(23)15-8-12-7-13(20)9-16(24-3)17(12)25-18(15)21-22/h4-9H,1-3H3. The van der Waals surface area contributed by atoms with Crippen molar-refractivity contribution in [2.24, 2.45) is 0 Å². The van der Waals surface area contributed by atoms with Gasteiger partial charge in [-0.05, 0) is 55.3 Å². The largest absolute Gasteiger partial charge is 0.493 e. The SMILES string of the molecule is COc1cc(Br)cc2cc3c(=O)n(-c4ccc(C)c(C)c4)nc-3oc12. The smallest absolute Gasteiger partial charge is 0.284 e. The van der Waals surface area contributed by atoms with Crippen LogP contribution in [-0.4, -0.2) is 16.9 Å². The van der Waals surface area contributed by atoms with Crippen LogP contribution < -0.4 is 10.3 Å². The van der Waals surface area contributed by atoms with Gasteiger partial charge in [0.1, 0.15) is 5.56 Å². The van der Waals surface area contributed by atoms with Crippen LogP contribution in [-0.2, 0) is 0 Å². The zero-order chi connectivity index (χ0) is 17.7. The van der Waals surface area contributed by atoms with Crippen LogP contribution in [0.15, 0.2) is 50.1 Å². The second-order valence-electron chi connectivity index (χ2n) is 5.98. The molecule has 0 unspecified atom stereocenters. The average molecular weight is 399 g/mol. The minimum absolute atomic E-state index is 0.206. The molecule has 0 radical (unpaired) electrons. The molecule has 0 saturated carbocycles. The van der Waals surface area contributed by atoms with Crippen molar-refractivity contribution in [3.8, 4) is 22.9 Å². The van der Waals surface area contributed by atoms with Crippen LogP contribution >= 0.6 is 15.9 Å². The van der Waals surface area contributed by atoms with Gasteiger partial charge in [0.15, 0.2) is 11.3 Å². The summed E-state index contributed by atoms with van der Waals surface area (Å²) in [5, 5.41) is 5.15. The molecule has 5 nitrogen and oxygen atoms in total. The van der Waals surface area contributed by atoms with E-state index in [0.717, 1.165) is 26.7 Å². The number of aromatic nitrogens is 2. The highest BCUT2D eigenvalue weighted by Crippen LogP contribution is 2.34. The summed E-state index contributed by atoms with van der Waals surface area (Å²) < 4.78 is 13.5. The molecule has 0 aliphatic carbocycles. The molecule has 0 aromatic heterocycles. The molecule has 126 valence electrons. The monoisotopic (exact) mass is 398 g/mol. The predicted octanol–water partition coefficient (Wildman–Crippen LogP) is 4.47. The number of fused-ring (bicyclic) bond motifs is 2. The van der Waals surface area contributed by atoms with Gasteiger partial charge in [-0.3, -0.25) is 4.79 Å². The number of hydrogen-bond donors (Lipinski definition) is 0. The molecular weight excluding hydrogens is 384 g/mol. The van der Waals surface area contributed by atoms with Crippen LogP contribution in [0, 0.1) is 13.8 Å². The van der Waals surface area contributed by atoms with Crippen molar-refractivity contribution in [2.45, 2.75) is 13.8 Å². The highest BCUT2D eigenvalue weighted by molar-refractivity contribution is 9.10. The summed E-state index contributed by atoms with van der Waals surface area (Å²) in [5.41, 5.74) is 3.77. The van der Waals surface area contributed by atoms with E-state index >= 15 is 0 Å². The summed E-state index contributed by atoms with van der Waals surface area (Å²) in [4.78, 5) is 12.8. The molecule has 2 heterocycles. The predicted molar refractivity (Wildman–Crippen MR) is 100.0 cm³/mol. The minimum atomic E-state index is -0.206. The second-order valence-corrected chi connectivity index (χ2v) is 6.89. The fourth-order valence-corrected chi connectivity index (χ4v) is 3.29. The third-order valence-corrected chi connectivity index (χ3v) is 4.80. The van der Waals surface area contributed by atoms with E-state index in [1.54, 1.807) is 13.2 Å². The van der Waals surface area contributed by atoms with E-state index < -0.39 is 0 Å². The Morgan fingerprint density at radius 2 is 1.92 bits per heavy atom. The van der Waals surface area contributed by atoms with Gasteiger partial charge in [-0.2, -0.15) is 4.68 Å². The van der Waals surface area contributed by atoms with E-state index in [4.69, 9.17) is 9.15 Å². The molecule has 0 bridgehead atoms. The lowest BCUT2D eigenvalue weighted by Crippen LogP contribution is -2.14. The summed E-state index contributed by atoms with van der Waals surface area (Å²) in [6, 6.07) is 11.3. The van der Waals surface area contributed by atoms with Gasteiger partial charge in [-0.1, -0.05) is 22.0 Å². The first-order valence-corrected chi connectivity index (χ1v) is 8.55. The number of aryl methyl sites for hydroxylation is 2. The molecule has 0 atom stereocenters. The van der Waals surface area contributed by atoms with Crippen molar-refractivity contribution in [3.63, 3.8) is 0 Å². The Balaban J connectivity index is 2.01. The maximum Gasteiger partial charge on any atom is 0.284 e. The van der Waals surface area contributed by atoms with E-state index in [0.29, 0.717) is 16.9 Å². The average Bonchev–Trinajstić information content (AvgIpc) is 2.91. The Morgan fingerprint density at radius 1 is 1.12 bits per heavy atom. The lowest BCUT2D eigenvalue weighted by atomic mass is 10.1. The van der Waals surface area contributed by atoms with Crippen molar-refractivity contribution in [1.82, 2.24) is 9.78 Å². The highest BCUT2D eigenvalue weighted by atomic mass is 79.9. The summed E-state index contributed by atoms with van der Waals surface area (Å²) in [6.07, 6.45) is 0. The Morgan fingerprint density at radius 3 is 2.64 bits per heavy atom. The van der Waals surface area contributed by atoms with Gasteiger partial charge in [0.25, 0.3) is 5.56 Å². The molecule has 4 rings (SSSR count). The van der Waals surface area contributed by atoms with E-state index in [1.165, 1.54) is 4.68 Å². The van der Waals surface area contributed by atoms with Gasteiger partial charge in [0.2, 0.25) is 5.89 Å². The molecule has 0 spiro atoms. The van der Waals surface area contributed by atoms with Crippen molar-refractivity contribution in [2.75, 3.05) is 7.11 Å². The van der Waals surface area contributed by atoms with Crippen molar-refractivity contribution in [3.05, 3.63) is 62.4 Å². The number of hydrogen-bond acceptors (Lipinski definition) is 4. The molecule has 0 saturated heterocycles. The van der Waals surface area contributed by atoms with Crippen LogP contribution in [0.25, 0.3) is 28.1 Å². The molecule has 2 aliphatic rings. The van der Waals surface area contributed by atoms with E-state index in [9.17, 15) is 4.79 Å². The summed E-state index contributed by atoms with van der Waals surface area (Å²) in [6.45, 7) is 4.04. The van der Waals surface area contributed by atoms with E-state index in [-0.39, 0.29) is 11.4 Å². The lowest BCUT2D eigenvalue weighted by molar-refractivity contribution is 0.409. The van der Waals surface area contributed by atoms with Gasteiger partial charge in [-0.15, -0.1) is 5.10 Å². The van der Waals surface area contributed by atoms with E-state index in [2.05, 4.69) is 21.0 Å². The van der Waals surface area contributed by atoms with Gasteiger partial charge in [0, 0.05) is 9.86 Å². The molecule has 2 aromatic carbocycles. The van der Waals surface area contributed by atoms with Crippen molar-refractivity contribution in [1.29, 1.82) is 0 Å². The van der Waals surface area contributed by atoms with Crippen LogP contribution in [0.2, 0.25) is 0 Å². The van der Waals surface area contributed by atoms with Gasteiger partial charge >= 0.3 is 0 Å². The zero-order valence-corrected chi connectivity index (χ0v) is 15.5. The minimum Gasteiger partial charge on any atom is -0.493 e. The van der Waals surface area contributed by atoms with Crippen molar-refractivity contribution < 1.29 is 9.15 Å². The quantitative estimate of drug-likeness (QED) is 0.499. The molecule has 2 aliphatic heterocycles. The van der Waals surface area contributed by atoms with Crippen LogP contribution in [0.4, 0.5) is 0 Å². The molecule has 2 aromatic rings. The number of benzene rings is 2. The molecular formula is C19H15BrN2O3. The third-order valence-electron chi connectivity index (χ3n) is 4.35. The maximum absolute atomic E-state index is 12.8. The van der Waals surface area contributed by atoms with E-state index in [1.807, 2.05) is 44.2 Å². The maximum atomic E-state index is 12.8. The molecule has 6 heteroatoms. The first-order chi connectivity index (χ1) is 12.0. The molecule has 0 N–H and O–H groups in total. The fourth-order valence-electron chi connectivity index (χ4n) is 2.84. The van der Waals surface area contributed by atoms with Gasteiger partial charge in [-0.25, -0.2) is 0 Å². The van der Waals surface area contributed by atoms with Crippen LogP contribution in [0.1, 0.15) is 11.1 Å². The van der Waals surface area contributed by atoms with Crippen molar-refractivity contribution >= 4 is 26.9 Å². The lowest BCUT2D eigenvalue weighted by Gasteiger charge is -2.06. The Kier molecular flexibility index (Phi) is 3.65. The molecule has 0 amide bonds. The Labute approximate surface area is 152 Å². The zero-order valence-electron chi connectivity index (χ0n) is 14.0. The second kappa shape index (κ2) is 5.74. The first kappa shape index (κ1) is 15.9. The summed E-state index contributed by atoms with van der Waals surface area (Å²) >= 11 is 3.44. The topological polar surface area (TPSA) is 57.3 Å². The van der Waals surface area contributed by atoms with Crippen LogP contribution in [0.5, 0.6) is 5.75 Å². The number of ether oxygens (including phenoxy) is 1. The molecule has 25 heavy (non-hydrogen) atoms. The molecule has 0 fully saturated rings. The fraction of sp³-hybridized carbons (Fsp3) is 0.158. The van der Waals surface area contributed by atoms with Crippen LogP contribution in [0.3, 0.4) is 0 Å². The number of methoxy groups -OCH3 is 1.